The third-order valence-corrected chi connectivity index (χ3v) is 5.27. The summed E-state index contributed by atoms with van der Waals surface area (Å²) in [5.74, 6) is 0.394. The quantitative estimate of drug-likeness (QED) is 0.556. The van der Waals surface area contributed by atoms with Gasteiger partial charge in [-0.2, -0.15) is 5.10 Å². The minimum Gasteiger partial charge on any atom is -0.480 e. The first-order valence-corrected chi connectivity index (χ1v) is 10.2. The standard InChI is InChI=1S/C23H29N3O4/c1-7-8-17-11-21(27)30-22-14(2)20(10-9-19(17)22)29-16(4)23(28)25(5)12-18-13-26(6)24-15(18)3/h9-11,13,16H,7-8,12H2,1-6H3. The average molecular weight is 412 g/mol. The molecule has 30 heavy (non-hydrogen) atoms. The second-order valence-corrected chi connectivity index (χ2v) is 7.77. The topological polar surface area (TPSA) is 77.6 Å². The molecule has 7 heteroatoms. The Hall–Kier alpha value is -3.09. The van der Waals surface area contributed by atoms with Crippen LogP contribution in [-0.2, 0) is 24.8 Å². The number of likely N-dealkylation sites (N-methyl/N-ethyl adjacent to an activating group) is 1. The maximum Gasteiger partial charge on any atom is 0.336 e. The molecular weight excluding hydrogens is 382 g/mol. The van der Waals surface area contributed by atoms with E-state index in [1.807, 2.05) is 39.2 Å². The average Bonchev–Trinajstić information content (AvgIpc) is 3.00. The Kier molecular flexibility index (Phi) is 6.29. The van der Waals surface area contributed by atoms with Crippen LogP contribution in [0.15, 0.2) is 33.6 Å². The molecular formula is C23H29N3O4. The van der Waals surface area contributed by atoms with Gasteiger partial charge >= 0.3 is 5.63 Å². The maximum absolute atomic E-state index is 12.8. The first-order chi connectivity index (χ1) is 14.2. The fraction of sp³-hybridized carbons (Fsp3) is 0.435. The number of fused-ring (bicyclic) bond motifs is 1. The van der Waals surface area contributed by atoms with Crippen LogP contribution in [0, 0.1) is 13.8 Å². The van der Waals surface area contributed by atoms with E-state index in [2.05, 4.69) is 12.0 Å². The molecule has 0 fully saturated rings. The normalized spacial score (nSPS) is 12.2. The summed E-state index contributed by atoms with van der Waals surface area (Å²) < 4.78 is 13.2. The van der Waals surface area contributed by atoms with Gasteiger partial charge in [-0.25, -0.2) is 4.79 Å². The number of rotatable bonds is 7. The highest BCUT2D eigenvalue weighted by atomic mass is 16.5. The van der Waals surface area contributed by atoms with E-state index in [1.165, 1.54) is 0 Å². The molecule has 0 bridgehead atoms. The van der Waals surface area contributed by atoms with Crippen molar-refractivity contribution in [3.63, 3.8) is 0 Å². The number of benzene rings is 1. The molecule has 3 aromatic rings. The third-order valence-electron chi connectivity index (χ3n) is 5.27. The molecule has 3 rings (SSSR count). The van der Waals surface area contributed by atoms with E-state index in [9.17, 15) is 9.59 Å². The van der Waals surface area contributed by atoms with Crippen molar-refractivity contribution in [1.82, 2.24) is 14.7 Å². The number of nitrogens with zero attached hydrogens (tertiary/aromatic N) is 3. The molecule has 0 aliphatic heterocycles. The zero-order valence-electron chi connectivity index (χ0n) is 18.5. The summed E-state index contributed by atoms with van der Waals surface area (Å²) >= 11 is 0. The van der Waals surface area contributed by atoms with Gasteiger partial charge in [-0.1, -0.05) is 13.3 Å². The number of ether oxygens (including phenoxy) is 1. The Bertz CT molecular complexity index is 1130. The number of aromatic nitrogens is 2. The fourth-order valence-electron chi connectivity index (χ4n) is 3.70. The van der Waals surface area contributed by atoms with E-state index in [0.717, 1.165) is 35.0 Å². The highest BCUT2D eigenvalue weighted by molar-refractivity contribution is 5.85. The zero-order chi connectivity index (χ0) is 22.0. The Morgan fingerprint density at radius 3 is 2.67 bits per heavy atom. The zero-order valence-corrected chi connectivity index (χ0v) is 18.5. The molecule has 0 saturated heterocycles. The molecule has 0 saturated carbocycles. The largest absolute Gasteiger partial charge is 0.480 e. The smallest absolute Gasteiger partial charge is 0.336 e. The van der Waals surface area contributed by atoms with Gasteiger partial charge in [0.15, 0.2) is 6.10 Å². The third kappa shape index (κ3) is 4.40. The summed E-state index contributed by atoms with van der Waals surface area (Å²) in [7, 11) is 3.61. The molecule has 2 heterocycles. The Morgan fingerprint density at radius 1 is 1.30 bits per heavy atom. The molecule has 1 atom stereocenters. The summed E-state index contributed by atoms with van der Waals surface area (Å²) in [4.78, 5) is 26.5. The van der Waals surface area contributed by atoms with Gasteiger partial charge in [0, 0.05) is 49.4 Å². The van der Waals surface area contributed by atoms with E-state index in [0.29, 0.717) is 23.4 Å². The minimum absolute atomic E-state index is 0.140. The monoisotopic (exact) mass is 411 g/mol. The lowest BCUT2D eigenvalue weighted by Gasteiger charge is -2.23. The van der Waals surface area contributed by atoms with Crippen molar-refractivity contribution in [2.24, 2.45) is 7.05 Å². The lowest BCUT2D eigenvalue weighted by atomic mass is 10.0. The van der Waals surface area contributed by atoms with Crippen LogP contribution in [-0.4, -0.2) is 33.7 Å². The van der Waals surface area contributed by atoms with Gasteiger partial charge < -0.3 is 14.1 Å². The number of carbonyl (C=O) groups is 1. The first kappa shape index (κ1) is 21.6. The predicted molar refractivity (Wildman–Crippen MR) is 116 cm³/mol. The Labute approximate surface area is 176 Å². The Morgan fingerprint density at radius 2 is 2.03 bits per heavy atom. The van der Waals surface area contributed by atoms with Crippen molar-refractivity contribution in [3.05, 3.63) is 57.2 Å². The molecule has 0 aliphatic carbocycles. The molecule has 0 N–H and O–H groups in total. The molecule has 2 aromatic heterocycles. The van der Waals surface area contributed by atoms with Crippen molar-refractivity contribution in [2.75, 3.05) is 7.05 Å². The van der Waals surface area contributed by atoms with Gasteiger partial charge in [0.2, 0.25) is 0 Å². The molecule has 1 unspecified atom stereocenters. The first-order valence-electron chi connectivity index (χ1n) is 10.2. The maximum atomic E-state index is 12.8. The summed E-state index contributed by atoms with van der Waals surface area (Å²) in [5.41, 5.74) is 3.72. The molecule has 1 aromatic carbocycles. The van der Waals surface area contributed by atoms with Crippen LogP contribution in [0.4, 0.5) is 0 Å². The van der Waals surface area contributed by atoms with Gasteiger partial charge in [0.05, 0.1) is 5.69 Å². The van der Waals surface area contributed by atoms with Crippen molar-refractivity contribution < 1.29 is 13.9 Å². The highest BCUT2D eigenvalue weighted by Crippen LogP contribution is 2.29. The van der Waals surface area contributed by atoms with Gasteiger partial charge in [0.1, 0.15) is 11.3 Å². The number of hydrogen-bond acceptors (Lipinski definition) is 5. The lowest BCUT2D eigenvalue weighted by molar-refractivity contribution is -0.137. The molecule has 160 valence electrons. The predicted octanol–water partition coefficient (Wildman–Crippen LogP) is 3.52. The van der Waals surface area contributed by atoms with Crippen LogP contribution in [0.1, 0.15) is 42.7 Å². The van der Waals surface area contributed by atoms with E-state index in [4.69, 9.17) is 9.15 Å². The number of carbonyl (C=O) groups excluding carboxylic acids is 1. The molecule has 7 nitrogen and oxygen atoms in total. The minimum atomic E-state index is -0.686. The molecule has 0 radical (unpaired) electrons. The number of hydrogen-bond donors (Lipinski definition) is 0. The van der Waals surface area contributed by atoms with E-state index in [1.54, 1.807) is 29.6 Å². The van der Waals surface area contributed by atoms with E-state index >= 15 is 0 Å². The van der Waals surface area contributed by atoms with Crippen LogP contribution in [0.5, 0.6) is 5.75 Å². The van der Waals surface area contributed by atoms with Gasteiger partial charge in [0.25, 0.3) is 5.91 Å². The van der Waals surface area contributed by atoms with Crippen LogP contribution < -0.4 is 10.4 Å². The second-order valence-electron chi connectivity index (χ2n) is 7.77. The molecule has 1 amide bonds. The van der Waals surface area contributed by atoms with Crippen molar-refractivity contribution in [1.29, 1.82) is 0 Å². The van der Waals surface area contributed by atoms with Crippen molar-refractivity contribution in [3.8, 4) is 5.75 Å². The van der Waals surface area contributed by atoms with Crippen LogP contribution in [0.3, 0.4) is 0 Å². The highest BCUT2D eigenvalue weighted by Gasteiger charge is 2.22. The van der Waals surface area contributed by atoms with Crippen molar-refractivity contribution >= 4 is 16.9 Å². The number of aryl methyl sites for hydroxylation is 4. The van der Waals surface area contributed by atoms with E-state index in [-0.39, 0.29) is 11.5 Å². The Balaban J connectivity index is 1.81. The van der Waals surface area contributed by atoms with E-state index < -0.39 is 6.10 Å². The van der Waals surface area contributed by atoms with Crippen LogP contribution in [0.25, 0.3) is 11.0 Å². The van der Waals surface area contributed by atoms with Gasteiger partial charge in [-0.3, -0.25) is 9.48 Å². The van der Waals surface area contributed by atoms with Crippen molar-refractivity contribution in [2.45, 2.75) is 53.2 Å². The van der Waals surface area contributed by atoms with Crippen LogP contribution in [0.2, 0.25) is 0 Å². The SMILES string of the molecule is CCCc1cc(=O)oc2c(C)c(OC(C)C(=O)N(C)Cc3cn(C)nc3C)ccc12. The molecule has 0 spiro atoms. The summed E-state index contributed by atoms with van der Waals surface area (Å²) in [6, 6.07) is 5.28. The van der Waals surface area contributed by atoms with Crippen LogP contribution >= 0.6 is 0 Å². The fourth-order valence-corrected chi connectivity index (χ4v) is 3.70. The molecule has 0 aliphatic rings. The summed E-state index contributed by atoms with van der Waals surface area (Å²) in [6.45, 7) is 8.02. The van der Waals surface area contributed by atoms with Gasteiger partial charge in [-0.15, -0.1) is 0 Å². The summed E-state index contributed by atoms with van der Waals surface area (Å²) in [6.07, 6.45) is 2.96. The number of amides is 1. The second kappa shape index (κ2) is 8.73. The van der Waals surface area contributed by atoms with Gasteiger partial charge in [-0.05, 0) is 44.9 Å². The summed E-state index contributed by atoms with van der Waals surface area (Å²) in [5, 5.41) is 5.22. The lowest BCUT2D eigenvalue weighted by Crippen LogP contribution is -2.37.